The van der Waals surface area contributed by atoms with Crippen LogP contribution in [-0.2, 0) is 20.2 Å². The van der Waals surface area contributed by atoms with Gasteiger partial charge in [-0.05, 0) is 25.2 Å². The van der Waals surface area contributed by atoms with Crippen LogP contribution in [0.5, 0.6) is 0 Å². The third-order valence-corrected chi connectivity index (χ3v) is 6.26. The lowest BCUT2D eigenvalue weighted by Gasteiger charge is -2.35. The maximum Gasteiger partial charge on any atom is 0.278 e. The smallest absolute Gasteiger partial charge is 0.278 e. The number of piperazine rings is 1. The molecule has 0 atom stereocenters. The number of rotatable bonds is 7. The van der Waals surface area contributed by atoms with Gasteiger partial charge >= 0.3 is 0 Å². The normalized spacial score (nSPS) is 14.5. The number of nitrogens with zero attached hydrogens (tertiary/aromatic N) is 8. The van der Waals surface area contributed by atoms with E-state index in [0.717, 1.165) is 43.1 Å². The van der Waals surface area contributed by atoms with Gasteiger partial charge < -0.3 is 20.2 Å². The number of hydrogen-bond donors (Lipinski definition) is 2. The Hall–Kier alpha value is -3.96. The minimum Gasteiger partial charge on any atom is -0.392 e. The average molecular weight is 476 g/mol. The van der Waals surface area contributed by atoms with Gasteiger partial charge in [0.1, 0.15) is 11.1 Å². The first-order valence-corrected chi connectivity index (χ1v) is 11.5. The van der Waals surface area contributed by atoms with E-state index in [0.29, 0.717) is 29.2 Å². The molecule has 11 nitrogen and oxygen atoms in total. The molecule has 182 valence electrons. The molecule has 1 aliphatic rings. The molecule has 1 fully saturated rings. The van der Waals surface area contributed by atoms with Crippen molar-refractivity contribution in [3.8, 4) is 5.69 Å². The highest BCUT2D eigenvalue weighted by molar-refractivity contribution is 5.77. The molecule has 0 aliphatic carbocycles. The van der Waals surface area contributed by atoms with Crippen LogP contribution in [0.4, 0.5) is 17.3 Å². The molecule has 1 aromatic carbocycles. The van der Waals surface area contributed by atoms with Crippen molar-refractivity contribution in [1.82, 2.24) is 34.0 Å². The van der Waals surface area contributed by atoms with Gasteiger partial charge in [0.2, 0.25) is 5.95 Å². The summed E-state index contributed by atoms with van der Waals surface area (Å²) in [5.41, 5.74) is 3.62. The van der Waals surface area contributed by atoms with Crippen LogP contribution in [-0.4, -0.2) is 72.3 Å². The Morgan fingerprint density at radius 2 is 1.97 bits per heavy atom. The molecule has 3 aromatic heterocycles. The zero-order chi connectivity index (χ0) is 24.5. The predicted molar refractivity (Wildman–Crippen MR) is 135 cm³/mol. The Morgan fingerprint density at radius 1 is 1.17 bits per heavy atom. The van der Waals surface area contributed by atoms with Crippen molar-refractivity contribution >= 4 is 28.4 Å². The number of aryl methyl sites for hydroxylation is 1. The fraction of sp³-hybridized carbons (Fsp3) is 0.333. The maximum absolute atomic E-state index is 13.0. The Kier molecular flexibility index (Phi) is 6.10. The number of aromatic nitrogens is 6. The van der Waals surface area contributed by atoms with Crippen LogP contribution in [0.3, 0.4) is 0 Å². The summed E-state index contributed by atoms with van der Waals surface area (Å²) in [5, 5.41) is 17.9. The lowest BCUT2D eigenvalue weighted by atomic mass is 10.1. The van der Waals surface area contributed by atoms with Gasteiger partial charge in [-0.25, -0.2) is 14.3 Å². The summed E-state index contributed by atoms with van der Waals surface area (Å²) in [6.07, 6.45) is 6.69. The van der Waals surface area contributed by atoms with Crippen LogP contribution in [0.2, 0.25) is 0 Å². The number of benzene rings is 1. The number of allylic oxidation sites excluding steroid dienone is 1. The first-order chi connectivity index (χ1) is 17.0. The number of hydrogen-bond acceptors (Lipinski definition) is 8. The lowest BCUT2D eigenvalue weighted by molar-refractivity contribution is 0.280. The summed E-state index contributed by atoms with van der Waals surface area (Å²) in [5.74, 6) is 0.349. The topological polar surface area (TPSA) is 109 Å². The molecule has 2 N–H and O–H groups in total. The van der Waals surface area contributed by atoms with Gasteiger partial charge in [0.15, 0.2) is 5.65 Å². The molecule has 35 heavy (non-hydrogen) atoms. The minimum absolute atomic E-state index is 0.0674. The van der Waals surface area contributed by atoms with Gasteiger partial charge in [-0.3, -0.25) is 9.48 Å². The lowest BCUT2D eigenvalue weighted by Crippen LogP contribution is -2.44. The van der Waals surface area contributed by atoms with Crippen molar-refractivity contribution in [2.75, 3.05) is 43.4 Å². The molecule has 1 saturated heterocycles. The van der Waals surface area contributed by atoms with Gasteiger partial charge in [-0.1, -0.05) is 6.08 Å². The van der Waals surface area contributed by atoms with E-state index in [-0.39, 0.29) is 12.2 Å². The summed E-state index contributed by atoms with van der Waals surface area (Å²) in [6.45, 7) is 7.84. The number of aliphatic hydroxyl groups is 1. The third kappa shape index (κ3) is 4.31. The van der Waals surface area contributed by atoms with Crippen molar-refractivity contribution in [2.45, 2.75) is 13.2 Å². The van der Waals surface area contributed by atoms with Gasteiger partial charge in [-0.15, -0.1) is 6.58 Å². The number of likely N-dealkylation sites (N-methyl/N-ethyl adjacent to an activating group) is 1. The van der Waals surface area contributed by atoms with Crippen LogP contribution in [0, 0.1) is 0 Å². The largest absolute Gasteiger partial charge is 0.392 e. The Balaban J connectivity index is 1.50. The number of anilines is 3. The second-order valence-electron chi connectivity index (χ2n) is 8.71. The summed E-state index contributed by atoms with van der Waals surface area (Å²) in [4.78, 5) is 26.7. The van der Waals surface area contributed by atoms with Gasteiger partial charge in [0, 0.05) is 56.4 Å². The van der Waals surface area contributed by atoms with Crippen LogP contribution in [0.1, 0.15) is 5.56 Å². The molecule has 0 radical (unpaired) electrons. The number of fused-ring (bicyclic) bond motifs is 1. The second-order valence-corrected chi connectivity index (χ2v) is 8.71. The van der Waals surface area contributed by atoms with Crippen LogP contribution >= 0.6 is 0 Å². The van der Waals surface area contributed by atoms with E-state index in [1.807, 2.05) is 31.4 Å². The van der Waals surface area contributed by atoms with E-state index in [4.69, 9.17) is 0 Å². The minimum atomic E-state index is -0.200. The van der Waals surface area contributed by atoms with Crippen molar-refractivity contribution in [1.29, 1.82) is 0 Å². The highest BCUT2D eigenvalue weighted by Crippen LogP contribution is 2.27. The fourth-order valence-corrected chi connectivity index (χ4v) is 4.43. The van der Waals surface area contributed by atoms with Gasteiger partial charge in [0.25, 0.3) is 5.56 Å². The molecular formula is C24H29N9O2. The van der Waals surface area contributed by atoms with Gasteiger partial charge in [0.05, 0.1) is 25.5 Å². The summed E-state index contributed by atoms with van der Waals surface area (Å²) < 4.78 is 4.96. The summed E-state index contributed by atoms with van der Waals surface area (Å²) in [7, 11) is 3.94. The summed E-state index contributed by atoms with van der Waals surface area (Å²) >= 11 is 0. The van der Waals surface area contributed by atoms with E-state index in [2.05, 4.69) is 43.8 Å². The molecule has 11 heteroatoms. The zero-order valence-electron chi connectivity index (χ0n) is 19.9. The summed E-state index contributed by atoms with van der Waals surface area (Å²) in [6, 6.07) is 5.89. The van der Waals surface area contributed by atoms with Gasteiger partial charge in [-0.2, -0.15) is 10.1 Å². The molecule has 0 spiro atoms. The van der Waals surface area contributed by atoms with E-state index < -0.39 is 0 Å². The standard InChI is InChI=1S/C24H29N9O2/c1-4-7-32-23(35)20-14-25-24(28-22(20)33(32)19-13-26-30(3)15-19)27-18-5-6-21(17(12-18)16-34)31-10-8-29(2)9-11-31/h4-6,12-15,34H,1,7-11,16H2,2-3H3,(H,25,27,28). The zero-order valence-corrected chi connectivity index (χ0v) is 19.9. The van der Waals surface area contributed by atoms with Crippen molar-refractivity contribution < 1.29 is 5.11 Å². The fourth-order valence-electron chi connectivity index (χ4n) is 4.43. The molecule has 0 amide bonds. The molecule has 1 aliphatic heterocycles. The van der Waals surface area contributed by atoms with Crippen molar-refractivity contribution in [3.05, 3.63) is 65.4 Å². The van der Waals surface area contributed by atoms with E-state index in [1.54, 1.807) is 26.3 Å². The van der Waals surface area contributed by atoms with Crippen LogP contribution in [0.25, 0.3) is 16.7 Å². The quantitative estimate of drug-likeness (QED) is 0.387. The first-order valence-electron chi connectivity index (χ1n) is 11.5. The average Bonchev–Trinajstić information content (AvgIpc) is 3.40. The monoisotopic (exact) mass is 475 g/mol. The highest BCUT2D eigenvalue weighted by atomic mass is 16.3. The second kappa shape index (κ2) is 9.35. The van der Waals surface area contributed by atoms with E-state index in [1.165, 1.54) is 6.20 Å². The molecule has 0 unspecified atom stereocenters. The van der Waals surface area contributed by atoms with E-state index in [9.17, 15) is 9.90 Å². The first kappa shape index (κ1) is 22.8. The predicted octanol–water partition coefficient (Wildman–Crippen LogP) is 1.49. The number of nitrogens with one attached hydrogen (secondary N) is 1. The molecule has 4 aromatic rings. The Morgan fingerprint density at radius 3 is 2.66 bits per heavy atom. The third-order valence-electron chi connectivity index (χ3n) is 6.26. The van der Waals surface area contributed by atoms with Crippen LogP contribution < -0.4 is 15.8 Å². The molecule has 0 bridgehead atoms. The highest BCUT2D eigenvalue weighted by Gasteiger charge is 2.19. The van der Waals surface area contributed by atoms with Crippen molar-refractivity contribution in [2.24, 2.45) is 7.05 Å². The SMILES string of the molecule is C=CCn1c(=O)c2cnc(Nc3ccc(N4CCN(C)CC4)c(CO)c3)nc2n1-c1cnn(C)c1. The van der Waals surface area contributed by atoms with E-state index >= 15 is 0 Å². The Bertz CT molecular complexity index is 1430. The molecule has 5 rings (SSSR count). The van der Waals surface area contributed by atoms with Crippen LogP contribution in [0.15, 0.2) is 54.2 Å². The Labute approximate surface area is 202 Å². The maximum atomic E-state index is 13.0. The molecule has 0 saturated carbocycles. The number of aliphatic hydroxyl groups excluding tert-OH is 1. The van der Waals surface area contributed by atoms with Crippen molar-refractivity contribution in [3.63, 3.8) is 0 Å². The molecule has 4 heterocycles. The molecular weight excluding hydrogens is 446 g/mol.